The Bertz CT molecular complexity index is 1210. The Balaban J connectivity index is 1.84. The predicted molar refractivity (Wildman–Crippen MR) is 102 cm³/mol. The molecule has 0 aliphatic carbocycles. The van der Waals surface area contributed by atoms with Gasteiger partial charge < -0.3 is 9.73 Å². The largest absolute Gasteiger partial charge is 0.467 e. The fourth-order valence-electron chi connectivity index (χ4n) is 3.10. The first kappa shape index (κ1) is 16.9. The van der Waals surface area contributed by atoms with Crippen molar-refractivity contribution in [2.24, 2.45) is 7.05 Å². The lowest BCUT2D eigenvalue weighted by Crippen LogP contribution is -2.29. The van der Waals surface area contributed by atoms with Crippen LogP contribution in [0.4, 0.5) is 5.95 Å². The van der Waals surface area contributed by atoms with Gasteiger partial charge in [-0.3, -0.25) is 18.9 Å². The molecule has 0 saturated heterocycles. The number of nitrogens with zero attached hydrogens (tertiary/aromatic N) is 3. The number of aryl methyl sites for hydroxylation is 2. The van der Waals surface area contributed by atoms with E-state index >= 15 is 0 Å². The highest BCUT2D eigenvalue weighted by atomic mass is 16.3. The number of aromatic amines is 1. The molecule has 0 aliphatic rings. The third kappa shape index (κ3) is 3.17. The molecule has 3 heterocycles. The molecule has 27 heavy (non-hydrogen) atoms. The number of H-pyrrole nitrogens is 1. The van der Waals surface area contributed by atoms with E-state index in [1.807, 2.05) is 31.2 Å². The van der Waals surface area contributed by atoms with Gasteiger partial charge in [0.15, 0.2) is 11.2 Å². The lowest BCUT2D eigenvalue weighted by molar-refractivity contribution is 0.517. The average Bonchev–Trinajstić information content (AvgIpc) is 3.26. The molecule has 0 fully saturated rings. The molecule has 0 atom stereocenters. The van der Waals surface area contributed by atoms with Gasteiger partial charge in [0.05, 0.1) is 19.4 Å². The molecular weight excluding hydrogens is 346 g/mol. The smallest absolute Gasteiger partial charge is 0.329 e. The van der Waals surface area contributed by atoms with Crippen LogP contribution in [0.3, 0.4) is 0 Å². The number of hydrogen-bond donors (Lipinski definition) is 2. The zero-order chi connectivity index (χ0) is 19.0. The average molecular weight is 365 g/mol. The van der Waals surface area contributed by atoms with Crippen molar-refractivity contribution < 1.29 is 4.42 Å². The molecule has 0 bridgehead atoms. The fourth-order valence-corrected chi connectivity index (χ4v) is 3.10. The molecule has 1 aromatic carbocycles. The van der Waals surface area contributed by atoms with Gasteiger partial charge in [-0.1, -0.05) is 29.8 Å². The van der Waals surface area contributed by atoms with Crippen molar-refractivity contribution in [1.82, 2.24) is 19.1 Å². The minimum Gasteiger partial charge on any atom is -0.467 e. The molecule has 4 aromatic rings. The molecule has 0 saturated carbocycles. The van der Waals surface area contributed by atoms with E-state index in [0.29, 0.717) is 30.2 Å². The number of nitrogens with one attached hydrogen (secondary N) is 2. The van der Waals surface area contributed by atoms with E-state index in [-0.39, 0.29) is 0 Å². The first-order valence-corrected chi connectivity index (χ1v) is 8.54. The summed E-state index contributed by atoms with van der Waals surface area (Å²) < 4.78 is 8.47. The summed E-state index contributed by atoms with van der Waals surface area (Å²) in [6.07, 6.45) is 1.60. The van der Waals surface area contributed by atoms with E-state index in [0.717, 1.165) is 16.9 Å². The molecule has 8 nitrogen and oxygen atoms in total. The molecule has 138 valence electrons. The van der Waals surface area contributed by atoms with Gasteiger partial charge >= 0.3 is 5.69 Å². The summed E-state index contributed by atoms with van der Waals surface area (Å²) in [6, 6.07) is 11.7. The molecule has 0 aliphatic heterocycles. The number of benzene rings is 1. The van der Waals surface area contributed by atoms with Crippen LogP contribution >= 0.6 is 0 Å². The van der Waals surface area contributed by atoms with Crippen molar-refractivity contribution in [2.75, 3.05) is 5.32 Å². The van der Waals surface area contributed by atoms with E-state index in [4.69, 9.17) is 4.42 Å². The topological polar surface area (TPSA) is 97.8 Å². The van der Waals surface area contributed by atoms with Crippen molar-refractivity contribution in [2.45, 2.75) is 20.0 Å². The van der Waals surface area contributed by atoms with Gasteiger partial charge in [0.2, 0.25) is 5.95 Å². The van der Waals surface area contributed by atoms with Crippen molar-refractivity contribution in [1.29, 1.82) is 0 Å². The van der Waals surface area contributed by atoms with E-state index in [1.165, 1.54) is 4.57 Å². The summed E-state index contributed by atoms with van der Waals surface area (Å²) in [5, 5.41) is 3.20. The third-order valence-electron chi connectivity index (χ3n) is 4.43. The second-order valence-corrected chi connectivity index (χ2v) is 6.43. The lowest BCUT2D eigenvalue weighted by atomic mass is 10.1. The summed E-state index contributed by atoms with van der Waals surface area (Å²) in [4.78, 5) is 31.3. The van der Waals surface area contributed by atoms with Crippen molar-refractivity contribution in [3.05, 3.63) is 80.4 Å². The van der Waals surface area contributed by atoms with Crippen LogP contribution in [0.2, 0.25) is 0 Å². The summed E-state index contributed by atoms with van der Waals surface area (Å²) in [7, 11) is 1.58. The Labute approximate surface area is 154 Å². The number of aromatic nitrogens is 4. The van der Waals surface area contributed by atoms with Gasteiger partial charge in [-0.2, -0.15) is 4.98 Å². The quantitative estimate of drug-likeness (QED) is 0.564. The van der Waals surface area contributed by atoms with E-state index in [9.17, 15) is 9.59 Å². The van der Waals surface area contributed by atoms with Gasteiger partial charge in [-0.15, -0.1) is 0 Å². The minimum absolute atomic E-state index is 0.332. The van der Waals surface area contributed by atoms with Gasteiger partial charge in [0.25, 0.3) is 5.56 Å². The number of hydrogen-bond acceptors (Lipinski definition) is 5. The van der Waals surface area contributed by atoms with Crippen LogP contribution in [-0.2, 0) is 20.1 Å². The lowest BCUT2D eigenvalue weighted by Gasteiger charge is -2.10. The third-order valence-corrected chi connectivity index (χ3v) is 4.43. The molecule has 3 aromatic heterocycles. The summed E-state index contributed by atoms with van der Waals surface area (Å²) in [6.45, 7) is 2.87. The summed E-state index contributed by atoms with van der Waals surface area (Å²) in [5.74, 6) is 1.24. The van der Waals surface area contributed by atoms with E-state index in [1.54, 1.807) is 23.9 Å². The van der Waals surface area contributed by atoms with Gasteiger partial charge in [0.1, 0.15) is 5.76 Å². The number of furan rings is 1. The predicted octanol–water partition coefficient (Wildman–Crippen LogP) is 1.99. The fraction of sp³-hybridized carbons (Fsp3) is 0.211. The van der Waals surface area contributed by atoms with Crippen LogP contribution in [0.15, 0.2) is 56.7 Å². The molecule has 0 radical (unpaired) electrons. The number of anilines is 1. The molecular formula is C19H19N5O3. The number of imidazole rings is 1. The zero-order valence-corrected chi connectivity index (χ0v) is 15.0. The SMILES string of the molecule is Cc1cccc(Cn2c(NCc3ccco3)nc3c2c(=O)[nH]c(=O)n3C)c1. The van der Waals surface area contributed by atoms with Crippen LogP contribution < -0.4 is 16.6 Å². The monoisotopic (exact) mass is 365 g/mol. The zero-order valence-electron chi connectivity index (χ0n) is 15.0. The Kier molecular flexibility index (Phi) is 4.15. The normalized spacial score (nSPS) is 11.2. The van der Waals surface area contributed by atoms with E-state index < -0.39 is 11.2 Å². The highest BCUT2D eigenvalue weighted by Gasteiger charge is 2.17. The Morgan fingerprint density at radius 3 is 2.81 bits per heavy atom. The molecule has 0 unspecified atom stereocenters. The highest BCUT2D eigenvalue weighted by molar-refractivity contribution is 5.74. The van der Waals surface area contributed by atoms with Crippen molar-refractivity contribution in [3.63, 3.8) is 0 Å². The maximum absolute atomic E-state index is 12.5. The standard InChI is InChI=1S/C19H19N5O3/c1-12-5-3-6-13(9-12)11-24-15-16(23(2)19(26)22-17(15)25)21-18(24)20-10-14-7-4-8-27-14/h3-9H,10-11H2,1-2H3,(H,20,21)(H,22,25,26). The Hall–Kier alpha value is -3.55. The first-order valence-electron chi connectivity index (χ1n) is 8.54. The van der Waals surface area contributed by atoms with Gasteiger partial charge in [-0.05, 0) is 24.6 Å². The number of rotatable bonds is 5. The molecule has 0 amide bonds. The van der Waals surface area contributed by atoms with Gasteiger partial charge in [0, 0.05) is 7.05 Å². The Morgan fingerprint density at radius 2 is 2.07 bits per heavy atom. The Morgan fingerprint density at radius 1 is 1.22 bits per heavy atom. The van der Waals surface area contributed by atoms with Crippen LogP contribution in [0.5, 0.6) is 0 Å². The maximum Gasteiger partial charge on any atom is 0.329 e. The van der Waals surface area contributed by atoms with Crippen molar-refractivity contribution >= 4 is 17.1 Å². The first-order chi connectivity index (χ1) is 13.0. The molecule has 8 heteroatoms. The number of fused-ring (bicyclic) bond motifs is 1. The summed E-state index contributed by atoms with van der Waals surface area (Å²) >= 11 is 0. The molecule has 0 spiro atoms. The highest BCUT2D eigenvalue weighted by Crippen LogP contribution is 2.19. The minimum atomic E-state index is -0.495. The molecule has 4 rings (SSSR count). The van der Waals surface area contributed by atoms with Crippen LogP contribution in [-0.4, -0.2) is 19.1 Å². The van der Waals surface area contributed by atoms with E-state index in [2.05, 4.69) is 21.4 Å². The second kappa shape index (κ2) is 6.64. The maximum atomic E-state index is 12.5. The van der Waals surface area contributed by atoms with Crippen LogP contribution in [0, 0.1) is 6.92 Å². The van der Waals surface area contributed by atoms with Crippen LogP contribution in [0.25, 0.3) is 11.2 Å². The molecule has 2 N–H and O–H groups in total. The van der Waals surface area contributed by atoms with Crippen LogP contribution in [0.1, 0.15) is 16.9 Å². The summed E-state index contributed by atoms with van der Waals surface area (Å²) in [5.41, 5.74) is 1.88. The van der Waals surface area contributed by atoms with Crippen molar-refractivity contribution in [3.8, 4) is 0 Å². The second-order valence-electron chi connectivity index (χ2n) is 6.43. The van der Waals surface area contributed by atoms with Gasteiger partial charge in [-0.25, -0.2) is 4.79 Å².